The van der Waals surface area contributed by atoms with E-state index in [1.807, 2.05) is 11.5 Å². The van der Waals surface area contributed by atoms with Gasteiger partial charge in [0.2, 0.25) is 11.7 Å². The van der Waals surface area contributed by atoms with Crippen LogP contribution >= 0.6 is 0 Å². The van der Waals surface area contributed by atoms with Crippen LogP contribution in [0.5, 0.6) is 0 Å². The third-order valence-corrected chi connectivity index (χ3v) is 1.81. The molecule has 0 radical (unpaired) electrons. The van der Waals surface area contributed by atoms with Crippen molar-refractivity contribution in [1.82, 2.24) is 10.9 Å². The molecule has 0 saturated heterocycles. The molecule has 0 aliphatic rings. The quantitative estimate of drug-likeness (QED) is 0.554. The number of amides is 2. The van der Waals surface area contributed by atoms with Gasteiger partial charge in [0.15, 0.2) is 0 Å². The number of nitrogens with one attached hydrogen (secondary N) is 2. The number of carbonyl (C=O) groups excluding carboxylic acids is 3. The zero-order chi connectivity index (χ0) is 12.0. The lowest BCUT2D eigenvalue weighted by atomic mass is 10.1. The Morgan fingerprint density at radius 1 is 1.06 bits per heavy atom. The zero-order valence-corrected chi connectivity index (χ0v) is 8.82. The van der Waals surface area contributed by atoms with Crippen molar-refractivity contribution in [3.8, 4) is 0 Å². The van der Waals surface area contributed by atoms with Gasteiger partial charge in [-0.1, -0.05) is 30.3 Å². The fourth-order valence-corrected chi connectivity index (χ4v) is 1.08. The highest BCUT2D eigenvalue weighted by Gasteiger charge is 2.13. The van der Waals surface area contributed by atoms with E-state index >= 15 is 0 Å². The Labute approximate surface area is 92.8 Å². The second kappa shape index (κ2) is 5.65. The molecule has 0 saturated carbocycles. The largest absolute Gasteiger partial charge is 0.306 e. The van der Waals surface area contributed by atoms with Crippen molar-refractivity contribution in [1.29, 1.82) is 0 Å². The minimum atomic E-state index is -0.820. The lowest BCUT2D eigenvalue weighted by molar-refractivity contribution is -0.139. The van der Waals surface area contributed by atoms with Crippen LogP contribution in [0.3, 0.4) is 0 Å². The van der Waals surface area contributed by atoms with Crippen LogP contribution in [0.2, 0.25) is 0 Å². The van der Waals surface area contributed by atoms with Gasteiger partial charge in [0.1, 0.15) is 0 Å². The summed E-state index contributed by atoms with van der Waals surface area (Å²) in [4.78, 5) is 33.0. The molecule has 84 valence electrons. The van der Waals surface area contributed by atoms with Crippen LogP contribution in [0.25, 0.3) is 0 Å². The Morgan fingerprint density at radius 3 is 2.25 bits per heavy atom. The molecule has 0 atom stereocenters. The molecule has 1 rings (SSSR count). The van der Waals surface area contributed by atoms with Gasteiger partial charge in [0.05, 0.1) is 0 Å². The topological polar surface area (TPSA) is 75.3 Å². The number of benzene rings is 1. The van der Waals surface area contributed by atoms with E-state index in [0.29, 0.717) is 0 Å². The number of rotatable bonds is 3. The lowest BCUT2D eigenvalue weighted by Crippen LogP contribution is -2.44. The first kappa shape index (κ1) is 11.9. The maximum atomic E-state index is 11.4. The molecule has 1 aromatic rings. The van der Waals surface area contributed by atoms with Crippen molar-refractivity contribution < 1.29 is 14.4 Å². The Kier molecular flexibility index (Phi) is 4.20. The Bertz CT molecular complexity index is 401. The maximum absolute atomic E-state index is 11.4. The molecule has 0 aromatic heterocycles. The lowest BCUT2D eigenvalue weighted by Gasteiger charge is -2.03. The van der Waals surface area contributed by atoms with Gasteiger partial charge in [0, 0.05) is 13.3 Å². The molecule has 5 nitrogen and oxygen atoms in total. The molecule has 2 N–H and O–H groups in total. The SMILES string of the molecule is CC(=O)NNC(=O)C(=O)Cc1ccccc1. The average molecular weight is 220 g/mol. The van der Waals surface area contributed by atoms with Crippen molar-refractivity contribution in [3.05, 3.63) is 35.9 Å². The van der Waals surface area contributed by atoms with Crippen molar-refractivity contribution in [2.75, 3.05) is 0 Å². The molecule has 0 spiro atoms. The summed E-state index contributed by atoms with van der Waals surface area (Å²) in [5, 5.41) is 0. The van der Waals surface area contributed by atoms with Crippen molar-refractivity contribution in [2.24, 2.45) is 0 Å². The highest BCUT2D eigenvalue weighted by molar-refractivity contribution is 6.36. The molecule has 1 aromatic carbocycles. The smallest absolute Gasteiger partial charge is 0.288 e. The van der Waals surface area contributed by atoms with E-state index in [-0.39, 0.29) is 6.42 Å². The monoisotopic (exact) mass is 220 g/mol. The van der Waals surface area contributed by atoms with Crippen LogP contribution in [0.1, 0.15) is 12.5 Å². The van der Waals surface area contributed by atoms with Gasteiger partial charge in [-0.25, -0.2) is 0 Å². The third kappa shape index (κ3) is 3.91. The van der Waals surface area contributed by atoms with Crippen molar-refractivity contribution in [2.45, 2.75) is 13.3 Å². The van der Waals surface area contributed by atoms with E-state index in [9.17, 15) is 14.4 Å². The summed E-state index contributed by atoms with van der Waals surface area (Å²) < 4.78 is 0. The van der Waals surface area contributed by atoms with Gasteiger partial charge >= 0.3 is 5.91 Å². The van der Waals surface area contributed by atoms with Gasteiger partial charge in [-0.05, 0) is 5.56 Å². The molecule has 5 heteroatoms. The van der Waals surface area contributed by atoms with Crippen LogP contribution in [-0.2, 0) is 20.8 Å². The predicted octanol–water partition coefficient (Wildman–Crippen LogP) is -0.0345. The molecule has 2 amide bonds. The summed E-state index contributed by atoms with van der Waals surface area (Å²) >= 11 is 0. The average Bonchev–Trinajstić information content (AvgIpc) is 2.27. The van der Waals surface area contributed by atoms with Crippen LogP contribution in [-0.4, -0.2) is 17.6 Å². The molecule has 16 heavy (non-hydrogen) atoms. The minimum Gasteiger partial charge on any atom is -0.288 e. The molecule has 0 aliphatic heterocycles. The normalized spacial score (nSPS) is 9.31. The van der Waals surface area contributed by atoms with Crippen LogP contribution in [0, 0.1) is 0 Å². The number of hydrogen-bond donors (Lipinski definition) is 2. The zero-order valence-electron chi connectivity index (χ0n) is 8.82. The van der Waals surface area contributed by atoms with Gasteiger partial charge in [-0.15, -0.1) is 0 Å². The van der Waals surface area contributed by atoms with E-state index < -0.39 is 17.6 Å². The van der Waals surface area contributed by atoms with Crippen molar-refractivity contribution in [3.63, 3.8) is 0 Å². The fourth-order valence-electron chi connectivity index (χ4n) is 1.08. The molecule has 0 unspecified atom stereocenters. The number of ketones is 1. The van der Waals surface area contributed by atoms with Crippen molar-refractivity contribution >= 4 is 17.6 Å². The summed E-state index contributed by atoms with van der Waals surface area (Å²) in [6.07, 6.45) is 0.0201. The van der Waals surface area contributed by atoms with E-state index in [1.54, 1.807) is 24.3 Å². The molecule has 0 heterocycles. The number of hydrogen-bond acceptors (Lipinski definition) is 3. The first-order valence-electron chi connectivity index (χ1n) is 4.73. The molecular weight excluding hydrogens is 208 g/mol. The summed E-state index contributed by atoms with van der Waals surface area (Å²) in [7, 11) is 0. The van der Waals surface area contributed by atoms with Crippen LogP contribution in [0.15, 0.2) is 30.3 Å². The molecular formula is C11H12N2O3. The minimum absolute atomic E-state index is 0.0201. The fraction of sp³-hybridized carbons (Fsp3) is 0.182. The van der Waals surface area contributed by atoms with Crippen LogP contribution < -0.4 is 10.9 Å². The second-order valence-electron chi connectivity index (χ2n) is 3.22. The van der Waals surface area contributed by atoms with E-state index in [1.165, 1.54) is 6.92 Å². The Morgan fingerprint density at radius 2 is 1.69 bits per heavy atom. The van der Waals surface area contributed by atoms with Gasteiger partial charge in [0.25, 0.3) is 0 Å². The molecule has 0 fully saturated rings. The Balaban J connectivity index is 2.46. The highest BCUT2D eigenvalue weighted by atomic mass is 16.2. The maximum Gasteiger partial charge on any atom is 0.306 e. The first-order valence-corrected chi connectivity index (χ1v) is 4.73. The first-order chi connectivity index (χ1) is 7.59. The molecule has 0 bridgehead atoms. The van der Waals surface area contributed by atoms with Gasteiger partial charge in [-0.2, -0.15) is 0 Å². The van der Waals surface area contributed by atoms with Crippen LogP contribution in [0.4, 0.5) is 0 Å². The number of carbonyl (C=O) groups is 3. The molecule has 0 aliphatic carbocycles. The summed E-state index contributed by atoms with van der Waals surface area (Å²) in [6, 6.07) is 8.90. The highest BCUT2D eigenvalue weighted by Crippen LogP contribution is 1.99. The predicted molar refractivity (Wildman–Crippen MR) is 57.1 cm³/mol. The number of Topliss-reactive ketones (excluding diaryl/α,β-unsaturated/α-hetero) is 1. The summed E-state index contributed by atoms with van der Waals surface area (Å²) in [6.45, 7) is 1.24. The number of hydrazine groups is 1. The standard InChI is InChI=1S/C11H12N2O3/c1-8(14)12-13-11(16)10(15)7-9-5-3-2-4-6-9/h2-6H,7H2,1H3,(H,12,14)(H,13,16). The second-order valence-corrected chi connectivity index (χ2v) is 3.22. The van der Waals surface area contributed by atoms with E-state index in [0.717, 1.165) is 5.56 Å². The summed E-state index contributed by atoms with van der Waals surface area (Å²) in [5.41, 5.74) is 4.82. The van der Waals surface area contributed by atoms with E-state index in [2.05, 4.69) is 5.43 Å². The van der Waals surface area contributed by atoms with Gasteiger partial charge < -0.3 is 0 Å². The van der Waals surface area contributed by atoms with Gasteiger partial charge in [-0.3, -0.25) is 25.2 Å². The van der Waals surface area contributed by atoms with E-state index in [4.69, 9.17) is 0 Å². The Hall–Kier alpha value is -2.17. The third-order valence-electron chi connectivity index (χ3n) is 1.81. The summed E-state index contributed by atoms with van der Waals surface area (Å²) in [5.74, 6) is -1.85.